The van der Waals surface area contributed by atoms with Crippen LogP contribution in [-0.4, -0.2) is 5.97 Å². The molecule has 0 spiro atoms. The molecule has 0 saturated carbocycles. The number of carboxylic acids is 1. The quantitative estimate of drug-likeness (QED) is 0.775. The van der Waals surface area contributed by atoms with Crippen molar-refractivity contribution in [2.75, 3.05) is 5.32 Å². The van der Waals surface area contributed by atoms with Crippen molar-refractivity contribution < 1.29 is 14.9 Å². The van der Waals surface area contributed by atoms with Gasteiger partial charge < -0.3 is 9.90 Å². The van der Waals surface area contributed by atoms with Crippen molar-refractivity contribution in [1.29, 1.82) is 5.26 Å². The Morgan fingerprint density at radius 1 is 1.08 bits per heavy atom. The first kappa shape index (κ1) is 16.2. The number of aromatic carboxylic acids is 1. The highest BCUT2D eigenvalue weighted by Crippen LogP contribution is 2.20. The lowest BCUT2D eigenvalue weighted by Gasteiger charge is -2.06. The van der Waals surface area contributed by atoms with Crippen LogP contribution in [0.3, 0.4) is 0 Å². The Kier molecular flexibility index (Phi) is 4.72. The summed E-state index contributed by atoms with van der Waals surface area (Å²) in [7, 11) is 0. The number of rotatable bonds is 5. The van der Waals surface area contributed by atoms with E-state index in [0.29, 0.717) is 17.9 Å². The van der Waals surface area contributed by atoms with Crippen LogP contribution in [0.1, 0.15) is 21.5 Å². The summed E-state index contributed by atoms with van der Waals surface area (Å²) in [6.45, 7) is 0.461. The van der Waals surface area contributed by atoms with E-state index in [0.717, 1.165) is 16.7 Å². The Morgan fingerprint density at radius 2 is 1.80 bits per heavy atom. The van der Waals surface area contributed by atoms with Gasteiger partial charge in [0.2, 0.25) is 0 Å². The monoisotopic (exact) mass is 329 g/mol. The van der Waals surface area contributed by atoms with Crippen molar-refractivity contribution >= 4 is 11.8 Å². The van der Waals surface area contributed by atoms with Gasteiger partial charge in [0.1, 0.15) is 18.2 Å². The summed E-state index contributed by atoms with van der Waals surface area (Å²) in [6, 6.07) is 20.2. The Hall–Kier alpha value is -3.65. The van der Waals surface area contributed by atoms with Gasteiger partial charge in [0.15, 0.2) is 0 Å². The number of aromatic amines is 1. The minimum absolute atomic E-state index is 0.139. The zero-order valence-electron chi connectivity index (χ0n) is 13.3. The van der Waals surface area contributed by atoms with Gasteiger partial charge in [0.05, 0.1) is 12.2 Å². The van der Waals surface area contributed by atoms with Gasteiger partial charge in [-0.05, 0) is 22.8 Å². The molecule has 0 atom stereocenters. The predicted molar refractivity (Wildman–Crippen MR) is 91.2 cm³/mol. The number of anilines is 1. The van der Waals surface area contributed by atoms with Crippen LogP contribution in [0.5, 0.6) is 0 Å². The van der Waals surface area contributed by atoms with Gasteiger partial charge in [-0.2, -0.15) is 5.26 Å². The molecule has 0 aliphatic carbocycles. The van der Waals surface area contributed by atoms with Gasteiger partial charge in [0, 0.05) is 5.56 Å². The third-order valence-electron chi connectivity index (χ3n) is 3.83. The second-order valence-corrected chi connectivity index (χ2v) is 5.49. The number of nitriles is 1. The van der Waals surface area contributed by atoms with Crippen LogP contribution < -0.4 is 15.4 Å². The zero-order chi connectivity index (χ0) is 17.6. The molecule has 2 aromatic carbocycles. The Labute approximate surface area is 145 Å². The molecule has 1 heterocycles. The largest absolute Gasteiger partial charge is 0.545 e. The highest BCUT2D eigenvalue weighted by molar-refractivity contribution is 5.85. The molecule has 0 aliphatic rings. The normalized spacial score (nSPS) is 10.0. The van der Waals surface area contributed by atoms with E-state index in [2.05, 4.69) is 16.4 Å². The van der Waals surface area contributed by atoms with E-state index in [4.69, 9.17) is 0 Å². The highest BCUT2D eigenvalue weighted by atomic mass is 16.4. The maximum Gasteiger partial charge on any atom is 0.290 e. The van der Waals surface area contributed by atoms with Gasteiger partial charge in [-0.15, -0.1) is 0 Å². The molecule has 25 heavy (non-hydrogen) atoms. The first-order chi connectivity index (χ1) is 12.2. The number of carbonyl (C=O) groups excluding carboxylic acids is 1. The molecule has 0 saturated heterocycles. The van der Waals surface area contributed by atoms with Crippen LogP contribution in [-0.2, 0) is 6.54 Å². The highest BCUT2D eigenvalue weighted by Gasteiger charge is 2.12. The third kappa shape index (κ3) is 3.82. The molecule has 0 unspecified atom stereocenters. The van der Waals surface area contributed by atoms with Crippen molar-refractivity contribution in [2.45, 2.75) is 6.54 Å². The van der Waals surface area contributed by atoms with E-state index < -0.39 is 5.97 Å². The summed E-state index contributed by atoms with van der Waals surface area (Å²) in [5.74, 6) is -0.581. The lowest BCUT2D eigenvalue weighted by atomic mass is 10.1. The summed E-state index contributed by atoms with van der Waals surface area (Å²) in [5.41, 5.74) is 3.50. The topological polar surface area (TPSA) is 90.1 Å². The average molecular weight is 329 g/mol. The molecule has 3 rings (SSSR count). The van der Waals surface area contributed by atoms with Crippen LogP contribution in [0.4, 0.5) is 5.82 Å². The number of carbonyl (C=O) groups is 1. The van der Waals surface area contributed by atoms with Crippen molar-refractivity contribution in [1.82, 2.24) is 0 Å². The SMILES string of the molecule is N#Cc1cc(-c2ccccc2)c[nH+]c1NCc1ccc(C(=O)[O-])cc1. The number of nitrogens with one attached hydrogen (secondary N) is 2. The molecular weight excluding hydrogens is 314 g/mol. The number of pyridine rings is 1. The summed E-state index contributed by atoms with van der Waals surface area (Å²) >= 11 is 0. The molecule has 0 fully saturated rings. The summed E-state index contributed by atoms with van der Waals surface area (Å²) in [5, 5.41) is 23.3. The summed E-state index contributed by atoms with van der Waals surface area (Å²) < 4.78 is 0. The summed E-state index contributed by atoms with van der Waals surface area (Å²) in [4.78, 5) is 13.9. The minimum Gasteiger partial charge on any atom is -0.545 e. The smallest absolute Gasteiger partial charge is 0.290 e. The van der Waals surface area contributed by atoms with Gasteiger partial charge in [-0.3, -0.25) is 5.32 Å². The molecule has 0 radical (unpaired) electrons. The maximum absolute atomic E-state index is 10.8. The Morgan fingerprint density at radius 3 is 2.44 bits per heavy atom. The minimum atomic E-state index is -1.20. The molecule has 0 amide bonds. The van der Waals surface area contributed by atoms with E-state index in [-0.39, 0.29) is 5.56 Å². The van der Waals surface area contributed by atoms with Gasteiger partial charge >= 0.3 is 0 Å². The zero-order valence-corrected chi connectivity index (χ0v) is 13.3. The molecule has 3 aromatic rings. The Balaban J connectivity index is 1.76. The van der Waals surface area contributed by atoms with Crippen LogP contribution in [0.25, 0.3) is 11.1 Å². The number of benzene rings is 2. The van der Waals surface area contributed by atoms with E-state index in [1.165, 1.54) is 12.1 Å². The van der Waals surface area contributed by atoms with Gasteiger partial charge in [-0.25, -0.2) is 4.98 Å². The fourth-order valence-electron chi connectivity index (χ4n) is 2.48. The Bertz CT molecular complexity index is 929. The second kappa shape index (κ2) is 7.28. The molecular formula is C20H15N3O2. The standard InChI is InChI=1S/C20H15N3O2/c21-11-17-10-18(15-4-2-1-3-5-15)13-23-19(17)22-12-14-6-8-16(9-7-14)20(24)25/h1-10,13H,12H2,(H,22,23)(H,24,25). The van der Waals surface area contributed by atoms with Gasteiger partial charge in [-0.1, -0.05) is 54.6 Å². The molecule has 0 aliphatic heterocycles. The first-order valence-corrected chi connectivity index (χ1v) is 7.73. The van der Waals surface area contributed by atoms with Crippen molar-refractivity contribution in [3.8, 4) is 17.2 Å². The van der Waals surface area contributed by atoms with E-state index in [1.54, 1.807) is 12.1 Å². The van der Waals surface area contributed by atoms with Crippen LogP contribution in [0.2, 0.25) is 0 Å². The number of aromatic nitrogens is 1. The van der Waals surface area contributed by atoms with E-state index >= 15 is 0 Å². The average Bonchev–Trinajstić information content (AvgIpc) is 2.67. The lowest BCUT2D eigenvalue weighted by molar-refractivity contribution is -0.360. The summed E-state index contributed by atoms with van der Waals surface area (Å²) in [6.07, 6.45) is 1.84. The predicted octanol–water partition coefficient (Wildman–Crippen LogP) is 2.01. The van der Waals surface area contributed by atoms with Crippen LogP contribution in [0, 0.1) is 11.3 Å². The van der Waals surface area contributed by atoms with E-state index in [9.17, 15) is 15.2 Å². The van der Waals surface area contributed by atoms with Crippen molar-refractivity contribution in [3.63, 3.8) is 0 Å². The number of hydrogen-bond acceptors (Lipinski definition) is 4. The molecule has 5 heteroatoms. The molecule has 0 bridgehead atoms. The lowest BCUT2D eigenvalue weighted by Crippen LogP contribution is -2.22. The fraction of sp³-hybridized carbons (Fsp3) is 0.0500. The number of nitrogens with zero attached hydrogens (tertiary/aromatic N) is 1. The molecule has 5 nitrogen and oxygen atoms in total. The number of H-pyrrole nitrogens is 1. The second-order valence-electron chi connectivity index (χ2n) is 5.49. The van der Waals surface area contributed by atoms with Crippen molar-refractivity contribution in [3.05, 3.63) is 83.6 Å². The van der Waals surface area contributed by atoms with Crippen molar-refractivity contribution in [2.24, 2.45) is 0 Å². The molecule has 2 N–H and O–H groups in total. The van der Waals surface area contributed by atoms with Crippen LogP contribution in [0.15, 0.2) is 66.9 Å². The fourth-order valence-corrected chi connectivity index (χ4v) is 2.48. The van der Waals surface area contributed by atoms with E-state index in [1.807, 2.05) is 42.6 Å². The molecule has 122 valence electrons. The maximum atomic E-state index is 10.8. The third-order valence-corrected chi connectivity index (χ3v) is 3.83. The number of carboxylic acid groups (broad SMARTS) is 1. The van der Waals surface area contributed by atoms with Crippen LogP contribution >= 0.6 is 0 Å². The van der Waals surface area contributed by atoms with Gasteiger partial charge in [0.25, 0.3) is 5.82 Å². The first-order valence-electron chi connectivity index (χ1n) is 7.73. The number of hydrogen-bond donors (Lipinski definition) is 1. The molecule has 1 aromatic heterocycles.